The molecule has 1 aromatic carbocycles. The summed E-state index contributed by atoms with van der Waals surface area (Å²) in [6.45, 7) is 1.76. The maximum Gasteiger partial charge on any atom is 0.239 e. The fraction of sp³-hybridized carbons (Fsp3) is 0.462. The Morgan fingerprint density at radius 3 is 2.29 bits per heavy atom. The molecule has 4 heteroatoms. The van der Waals surface area contributed by atoms with Crippen molar-refractivity contribution in [1.29, 1.82) is 0 Å². The summed E-state index contributed by atoms with van der Waals surface area (Å²) < 4.78 is 12.9. The van der Waals surface area contributed by atoms with E-state index in [4.69, 9.17) is 5.73 Å². The Morgan fingerprint density at radius 2 is 1.76 bits per heavy atom. The van der Waals surface area contributed by atoms with Crippen molar-refractivity contribution in [3.8, 4) is 0 Å². The molecular weight excluding hydrogens is 219 g/mol. The zero-order chi connectivity index (χ0) is 12.3. The minimum absolute atomic E-state index is 0.296. The molecule has 1 amide bonds. The lowest BCUT2D eigenvalue weighted by Gasteiger charge is -2.32. The lowest BCUT2D eigenvalue weighted by atomic mass is 10.0. The minimum Gasteiger partial charge on any atom is -0.368 e. The third-order valence-corrected chi connectivity index (χ3v) is 3.21. The van der Waals surface area contributed by atoms with Gasteiger partial charge in [-0.3, -0.25) is 9.69 Å². The van der Waals surface area contributed by atoms with E-state index in [9.17, 15) is 9.18 Å². The molecule has 0 saturated carbocycles. The molecule has 2 rings (SSSR count). The van der Waals surface area contributed by atoms with Crippen LogP contribution in [0.25, 0.3) is 0 Å². The Balaban J connectivity index is 2.21. The van der Waals surface area contributed by atoms with Gasteiger partial charge in [-0.2, -0.15) is 0 Å². The van der Waals surface area contributed by atoms with Crippen molar-refractivity contribution in [2.45, 2.75) is 25.3 Å². The van der Waals surface area contributed by atoms with Gasteiger partial charge in [0.25, 0.3) is 0 Å². The van der Waals surface area contributed by atoms with Gasteiger partial charge in [0.2, 0.25) is 5.91 Å². The molecule has 0 aliphatic carbocycles. The lowest BCUT2D eigenvalue weighted by molar-refractivity contribution is -0.123. The second-order valence-corrected chi connectivity index (χ2v) is 4.45. The molecular formula is C13H17FN2O. The summed E-state index contributed by atoms with van der Waals surface area (Å²) in [6.07, 6.45) is 3.38. The van der Waals surface area contributed by atoms with Gasteiger partial charge in [-0.1, -0.05) is 18.6 Å². The van der Waals surface area contributed by atoms with E-state index >= 15 is 0 Å². The predicted octanol–water partition coefficient (Wildman–Crippen LogP) is 1.84. The van der Waals surface area contributed by atoms with Crippen molar-refractivity contribution >= 4 is 5.91 Å². The van der Waals surface area contributed by atoms with Gasteiger partial charge in [-0.05, 0) is 43.6 Å². The number of hydrogen-bond donors (Lipinski definition) is 1. The Morgan fingerprint density at radius 1 is 1.18 bits per heavy atom. The van der Waals surface area contributed by atoms with Crippen LogP contribution in [-0.4, -0.2) is 23.9 Å². The Labute approximate surface area is 100 Å². The van der Waals surface area contributed by atoms with E-state index in [0.29, 0.717) is 0 Å². The number of amides is 1. The number of rotatable bonds is 3. The number of benzene rings is 1. The summed E-state index contributed by atoms with van der Waals surface area (Å²) in [5.74, 6) is -0.658. The molecule has 1 aliphatic heterocycles. The molecule has 1 fully saturated rings. The van der Waals surface area contributed by atoms with Crippen LogP contribution in [0, 0.1) is 5.82 Å². The molecule has 0 bridgehead atoms. The van der Waals surface area contributed by atoms with Crippen molar-refractivity contribution in [1.82, 2.24) is 4.90 Å². The monoisotopic (exact) mass is 236 g/mol. The van der Waals surface area contributed by atoms with E-state index in [0.717, 1.165) is 31.5 Å². The first-order chi connectivity index (χ1) is 8.18. The standard InChI is InChI=1S/C13H17FN2O/c14-11-6-4-10(5-7-11)12(13(15)17)16-8-2-1-3-9-16/h4-7,12H,1-3,8-9H2,(H2,15,17)/t12-/m0/s1. The fourth-order valence-electron chi connectivity index (χ4n) is 2.38. The molecule has 1 atom stereocenters. The van der Waals surface area contributed by atoms with Crippen molar-refractivity contribution in [3.05, 3.63) is 35.6 Å². The van der Waals surface area contributed by atoms with E-state index in [1.165, 1.54) is 18.6 Å². The topological polar surface area (TPSA) is 46.3 Å². The van der Waals surface area contributed by atoms with E-state index in [1.54, 1.807) is 12.1 Å². The van der Waals surface area contributed by atoms with E-state index in [1.807, 2.05) is 0 Å². The average Bonchev–Trinajstić information content (AvgIpc) is 2.33. The molecule has 1 heterocycles. The van der Waals surface area contributed by atoms with Gasteiger partial charge in [-0.15, -0.1) is 0 Å². The van der Waals surface area contributed by atoms with Crippen molar-refractivity contribution < 1.29 is 9.18 Å². The number of nitrogens with zero attached hydrogens (tertiary/aromatic N) is 1. The second-order valence-electron chi connectivity index (χ2n) is 4.45. The van der Waals surface area contributed by atoms with Crippen LogP contribution in [0.3, 0.4) is 0 Å². The third-order valence-electron chi connectivity index (χ3n) is 3.21. The summed E-state index contributed by atoms with van der Waals surface area (Å²) in [6, 6.07) is 5.60. The second kappa shape index (κ2) is 5.27. The van der Waals surface area contributed by atoms with Crippen molar-refractivity contribution in [2.24, 2.45) is 5.73 Å². The molecule has 1 aromatic rings. The van der Waals surface area contributed by atoms with Crippen LogP contribution in [0.1, 0.15) is 30.9 Å². The SMILES string of the molecule is NC(=O)[C@H](c1ccc(F)cc1)N1CCCCC1. The normalized spacial score (nSPS) is 18.9. The van der Waals surface area contributed by atoms with Gasteiger partial charge >= 0.3 is 0 Å². The number of piperidine rings is 1. The first-order valence-electron chi connectivity index (χ1n) is 5.97. The van der Waals surface area contributed by atoms with Crippen LogP contribution in [0.15, 0.2) is 24.3 Å². The number of likely N-dealkylation sites (tertiary alicyclic amines) is 1. The van der Waals surface area contributed by atoms with Gasteiger partial charge in [0.15, 0.2) is 0 Å². The summed E-state index contributed by atoms with van der Waals surface area (Å²) in [7, 11) is 0. The van der Waals surface area contributed by atoms with E-state index in [2.05, 4.69) is 4.90 Å². The molecule has 1 saturated heterocycles. The Kier molecular flexibility index (Phi) is 3.74. The quantitative estimate of drug-likeness (QED) is 0.870. The van der Waals surface area contributed by atoms with Crippen LogP contribution in [0.5, 0.6) is 0 Å². The molecule has 0 radical (unpaired) electrons. The van der Waals surface area contributed by atoms with Gasteiger partial charge in [0.1, 0.15) is 11.9 Å². The lowest BCUT2D eigenvalue weighted by Crippen LogP contribution is -2.40. The summed E-state index contributed by atoms with van der Waals surface area (Å²) in [4.78, 5) is 13.7. The average molecular weight is 236 g/mol. The zero-order valence-electron chi connectivity index (χ0n) is 9.73. The molecule has 0 spiro atoms. The van der Waals surface area contributed by atoms with Crippen LogP contribution in [-0.2, 0) is 4.79 Å². The molecule has 2 N–H and O–H groups in total. The molecule has 0 unspecified atom stereocenters. The minimum atomic E-state index is -0.420. The summed E-state index contributed by atoms with van der Waals surface area (Å²) in [5, 5.41) is 0. The van der Waals surface area contributed by atoms with Crippen LogP contribution in [0.2, 0.25) is 0 Å². The maximum absolute atomic E-state index is 12.9. The largest absolute Gasteiger partial charge is 0.368 e. The Bertz CT molecular complexity index is 385. The molecule has 1 aliphatic rings. The van der Waals surface area contributed by atoms with Crippen LogP contribution < -0.4 is 5.73 Å². The molecule has 92 valence electrons. The fourth-order valence-corrected chi connectivity index (χ4v) is 2.38. The predicted molar refractivity (Wildman–Crippen MR) is 63.8 cm³/mol. The highest BCUT2D eigenvalue weighted by Crippen LogP contribution is 2.24. The highest BCUT2D eigenvalue weighted by Gasteiger charge is 2.26. The first kappa shape index (κ1) is 12.0. The third kappa shape index (κ3) is 2.82. The highest BCUT2D eigenvalue weighted by atomic mass is 19.1. The van der Waals surface area contributed by atoms with Gasteiger partial charge in [0, 0.05) is 0 Å². The van der Waals surface area contributed by atoms with Gasteiger partial charge in [-0.25, -0.2) is 4.39 Å². The molecule has 3 nitrogen and oxygen atoms in total. The summed E-state index contributed by atoms with van der Waals surface area (Å²) >= 11 is 0. The van der Waals surface area contributed by atoms with E-state index < -0.39 is 6.04 Å². The number of hydrogen-bond acceptors (Lipinski definition) is 2. The van der Waals surface area contributed by atoms with Crippen molar-refractivity contribution in [3.63, 3.8) is 0 Å². The van der Waals surface area contributed by atoms with Crippen molar-refractivity contribution in [2.75, 3.05) is 13.1 Å². The number of primary amides is 1. The van der Waals surface area contributed by atoms with Crippen LogP contribution >= 0.6 is 0 Å². The molecule has 0 aromatic heterocycles. The van der Waals surface area contributed by atoms with E-state index in [-0.39, 0.29) is 11.7 Å². The first-order valence-corrected chi connectivity index (χ1v) is 5.97. The van der Waals surface area contributed by atoms with Crippen LogP contribution in [0.4, 0.5) is 4.39 Å². The van der Waals surface area contributed by atoms with Gasteiger partial charge < -0.3 is 5.73 Å². The Hall–Kier alpha value is -1.42. The summed E-state index contributed by atoms with van der Waals surface area (Å²) in [5.41, 5.74) is 6.24. The maximum atomic E-state index is 12.9. The number of carbonyl (C=O) groups excluding carboxylic acids is 1. The zero-order valence-corrected chi connectivity index (χ0v) is 9.73. The molecule has 17 heavy (non-hydrogen) atoms. The highest BCUT2D eigenvalue weighted by molar-refractivity contribution is 5.81. The van der Waals surface area contributed by atoms with Gasteiger partial charge in [0.05, 0.1) is 0 Å². The smallest absolute Gasteiger partial charge is 0.239 e. The number of carbonyl (C=O) groups is 1. The number of nitrogens with two attached hydrogens (primary N) is 1. The number of halogens is 1.